The number of nitrogens with zero attached hydrogens (tertiary/aromatic N) is 3. The van der Waals surface area contributed by atoms with Gasteiger partial charge in [0.25, 0.3) is 28.4 Å². The summed E-state index contributed by atoms with van der Waals surface area (Å²) in [5.41, 5.74) is 12.5. The summed E-state index contributed by atoms with van der Waals surface area (Å²) in [4.78, 5) is 48.7. The van der Waals surface area contributed by atoms with E-state index in [1.165, 1.54) is 12.3 Å². The Hall–Kier alpha value is -9.19. The minimum atomic E-state index is -1.92. The number of carbonyl (C=O) groups excluding carboxylic acids is 2. The zero-order chi connectivity index (χ0) is 58.8. The highest BCUT2D eigenvalue weighted by atomic mass is 28.4. The molecule has 0 aliphatic carbocycles. The van der Waals surface area contributed by atoms with Crippen LogP contribution in [-0.2, 0) is 0 Å². The normalized spacial score (nSPS) is 11.1. The van der Waals surface area contributed by atoms with Gasteiger partial charge >= 0.3 is 5.97 Å². The molecule has 0 fully saturated rings. The molecule has 0 atom stereocenters. The van der Waals surface area contributed by atoms with Gasteiger partial charge in [-0.15, -0.1) is 0 Å². The third-order valence-corrected chi connectivity index (χ3v) is 22.6. The van der Waals surface area contributed by atoms with Gasteiger partial charge in [0.1, 0.15) is 34.7 Å². The zero-order valence-electron chi connectivity index (χ0n) is 47.6. The van der Waals surface area contributed by atoms with Crippen LogP contribution in [-0.4, -0.2) is 59.6 Å². The van der Waals surface area contributed by atoms with Gasteiger partial charge in [0.15, 0.2) is 0 Å². The van der Waals surface area contributed by atoms with Gasteiger partial charge in [0.05, 0.1) is 24.2 Å². The lowest BCUT2D eigenvalue weighted by molar-refractivity contribution is 0.0697. The van der Waals surface area contributed by atoms with E-state index in [1.807, 2.05) is 158 Å². The summed E-state index contributed by atoms with van der Waals surface area (Å²) in [5.74, 6) is 1.71. The van der Waals surface area contributed by atoms with Crippen molar-refractivity contribution < 1.29 is 33.4 Å². The maximum Gasteiger partial charge on any atom is 0.336 e. The Bertz CT molecular complexity index is 3460. The first-order valence-electron chi connectivity index (χ1n) is 26.4. The number of benzene rings is 6. The molecule has 13 nitrogen and oxygen atoms in total. The average molecular weight is 1120 g/mol. The van der Waals surface area contributed by atoms with Crippen LogP contribution >= 0.6 is 0 Å². The molecule has 6 N–H and O–H groups in total. The summed E-state index contributed by atoms with van der Waals surface area (Å²) in [6.45, 7) is 22.1. The van der Waals surface area contributed by atoms with E-state index in [9.17, 15) is 19.5 Å². The van der Waals surface area contributed by atoms with Crippen molar-refractivity contribution in [2.45, 2.75) is 77.8 Å². The van der Waals surface area contributed by atoms with Crippen LogP contribution in [0.4, 0.5) is 17.5 Å². The number of nitrogen functional groups attached to an aromatic ring is 1. The van der Waals surface area contributed by atoms with Crippen LogP contribution in [0.3, 0.4) is 0 Å². The van der Waals surface area contributed by atoms with Gasteiger partial charge in [-0.1, -0.05) is 187 Å². The monoisotopic (exact) mass is 1120 g/mol. The number of pyridine rings is 3. The van der Waals surface area contributed by atoms with Gasteiger partial charge < -0.3 is 35.4 Å². The highest BCUT2D eigenvalue weighted by Gasteiger charge is 2.40. The first-order chi connectivity index (χ1) is 38.4. The Balaban J connectivity index is 0.000000181. The van der Waals surface area contributed by atoms with E-state index in [1.54, 1.807) is 48.8 Å². The van der Waals surface area contributed by atoms with Crippen molar-refractivity contribution in [3.8, 4) is 50.6 Å². The number of aromatic nitrogens is 3. The number of carboxylic acid groups (broad SMARTS) is 1. The lowest BCUT2D eigenvalue weighted by Gasteiger charge is -2.36. The number of hydrogen-bond donors (Lipinski definition) is 5. The number of nitrogens with two attached hydrogens (primary N) is 1. The molecule has 2 amide bonds. The number of rotatable bonds is 12. The Morgan fingerprint density at radius 2 is 0.765 bits per heavy atom. The van der Waals surface area contributed by atoms with E-state index >= 15 is 0 Å². The molecule has 3 aromatic heterocycles. The number of hydrogen-bond acceptors (Lipinski definition) is 10. The van der Waals surface area contributed by atoms with E-state index in [2.05, 4.69) is 93.3 Å². The van der Waals surface area contributed by atoms with E-state index in [-0.39, 0.29) is 27.6 Å². The number of aromatic hydroxyl groups is 1. The van der Waals surface area contributed by atoms with Crippen molar-refractivity contribution in [3.63, 3.8) is 0 Å². The van der Waals surface area contributed by atoms with Gasteiger partial charge in [-0.2, -0.15) is 0 Å². The second kappa shape index (κ2) is 27.6. The van der Waals surface area contributed by atoms with Crippen molar-refractivity contribution in [2.24, 2.45) is 0 Å². The first-order valence-corrected chi connectivity index (χ1v) is 32.2. The van der Waals surface area contributed by atoms with E-state index in [0.29, 0.717) is 34.1 Å². The zero-order valence-corrected chi connectivity index (χ0v) is 49.6. The van der Waals surface area contributed by atoms with Crippen LogP contribution in [0, 0.1) is 0 Å². The van der Waals surface area contributed by atoms with Gasteiger partial charge in [-0.25, -0.2) is 19.7 Å². The minimum Gasteiger partial charge on any atom is -0.542 e. The first kappa shape index (κ1) is 61.0. The van der Waals surface area contributed by atoms with Crippen LogP contribution in [0.1, 0.15) is 72.6 Å². The minimum absolute atomic E-state index is 0.0580. The van der Waals surface area contributed by atoms with Crippen LogP contribution < -0.4 is 25.2 Å². The smallest absolute Gasteiger partial charge is 0.336 e. The average Bonchev–Trinajstić information content (AvgIpc) is 3.45. The SMILES string of the molecule is CC(C)(C)[Si](C)(C)Oc1ccc(N)nc1.CC(C)(C)[Si](C)(C)Oc1ccc(NC(=O)c2ccccc2-c2ccccc2)nc1.O=C(Nc1ccc(O)cn1)c1ccccc1-c1ccccc1.O=C(O)c1ccccc1-c1ccccc1. The molecule has 9 rings (SSSR count). The Morgan fingerprint density at radius 3 is 1.10 bits per heavy atom. The highest BCUT2D eigenvalue weighted by molar-refractivity contribution is 6.75. The fourth-order valence-electron chi connectivity index (χ4n) is 7.33. The lowest BCUT2D eigenvalue weighted by atomic mass is 9.99. The summed E-state index contributed by atoms with van der Waals surface area (Å²) in [5, 5.41) is 24.2. The predicted octanol–water partition coefficient (Wildman–Crippen LogP) is 16.2. The number of amides is 2. The molecule has 0 unspecified atom stereocenters. The number of aromatic carboxylic acids is 1. The summed E-state index contributed by atoms with van der Waals surface area (Å²) < 4.78 is 12.3. The van der Waals surface area contributed by atoms with Crippen molar-refractivity contribution in [1.29, 1.82) is 0 Å². The maximum absolute atomic E-state index is 12.9. The molecule has 0 aliphatic rings. The summed E-state index contributed by atoms with van der Waals surface area (Å²) >= 11 is 0. The van der Waals surface area contributed by atoms with Crippen LogP contribution in [0.5, 0.6) is 17.2 Å². The summed E-state index contributed by atoms with van der Waals surface area (Å²) in [6.07, 6.45) is 4.66. The summed E-state index contributed by atoms with van der Waals surface area (Å²) in [7, 11) is -3.66. The second-order valence-electron chi connectivity index (χ2n) is 21.9. The number of anilines is 3. The molecule has 0 bridgehead atoms. The van der Waals surface area contributed by atoms with E-state index in [4.69, 9.17) is 19.7 Å². The topological polar surface area (TPSA) is 199 Å². The van der Waals surface area contributed by atoms with E-state index < -0.39 is 22.6 Å². The largest absolute Gasteiger partial charge is 0.542 e. The third kappa shape index (κ3) is 17.7. The van der Waals surface area contributed by atoms with Crippen molar-refractivity contribution in [1.82, 2.24) is 15.0 Å². The van der Waals surface area contributed by atoms with Crippen molar-refractivity contribution >= 4 is 51.9 Å². The molecule has 0 aliphatic heterocycles. The van der Waals surface area contributed by atoms with Crippen LogP contribution in [0.15, 0.2) is 219 Å². The number of nitrogens with one attached hydrogen (secondary N) is 2. The number of carbonyl (C=O) groups is 3. The molecular weight excluding hydrogens is 1040 g/mol. The Kier molecular flexibility index (Phi) is 20.8. The molecule has 81 heavy (non-hydrogen) atoms. The predicted molar refractivity (Wildman–Crippen MR) is 333 cm³/mol. The quantitative estimate of drug-likeness (QED) is 0.0730. The molecule has 0 radical (unpaired) electrons. The van der Waals surface area contributed by atoms with Gasteiger partial charge in [-0.05, 0) is 124 Å². The van der Waals surface area contributed by atoms with Crippen molar-refractivity contribution in [2.75, 3.05) is 16.4 Å². The molecule has 416 valence electrons. The fraction of sp³-hybridized carbons (Fsp3) is 0.182. The van der Waals surface area contributed by atoms with Gasteiger partial charge in [-0.3, -0.25) is 9.59 Å². The Morgan fingerprint density at radius 1 is 0.432 bits per heavy atom. The second-order valence-corrected chi connectivity index (χ2v) is 31.3. The van der Waals surface area contributed by atoms with Gasteiger partial charge in [0.2, 0.25) is 0 Å². The molecule has 15 heteroatoms. The molecule has 9 aromatic rings. The molecule has 0 saturated heterocycles. The highest BCUT2D eigenvalue weighted by Crippen LogP contribution is 2.38. The fourth-order valence-corrected chi connectivity index (χ4v) is 9.36. The summed E-state index contributed by atoms with van der Waals surface area (Å²) in [6, 6.07) is 61.5. The molecule has 6 aromatic carbocycles. The number of carboxylic acids is 1. The van der Waals surface area contributed by atoms with Crippen LogP contribution in [0.25, 0.3) is 33.4 Å². The molecule has 3 heterocycles. The molecule has 0 spiro atoms. The standard InChI is InChI=1S/C24H28N2O2Si.C18H14N2O2.C13H10O2.C11H20N2OSi/c1-24(2,3)29(4,5)28-19-15-16-22(25-17-19)26-23(27)21-14-10-9-13-20(21)18-11-7-6-8-12-18;21-14-10-11-17(19-12-14)20-18(22)16-9-5-4-8-15(16)13-6-2-1-3-7-13;14-13(15)12-9-5-4-8-11(12)10-6-2-1-3-7-10;1-11(2,3)15(4,5)14-9-6-7-10(12)13-8-9/h6-17H,1-5H3,(H,25,26,27);1-12,21H,(H,19,20,22);1-9H,(H,14,15);6-8H,1-5H3,(H2,12,13). The van der Waals surface area contributed by atoms with E-state index in [0.717, 1.165) is 44.9 Å². The molecular formula is C66H72N6O7Si2. The molecule has 0 saturated carbocycles. The van der Waals surface area contributed by atoms with Crippen LogP contribution in [0.2, 0.25) is 36.3 Å². The third-order valence-electron chi connectivity index (χ3n) is 13.8. The van der Waals surface area contributed by atoms with Gasteiger partial charge in [0, 0.05) is 11.1 Å². The Labute approximate surface area is 478 Å². The lowest BCUT2D eigenvalue weighted by Crippen LogP contribution is -2.43. The van der Waals surface area contributed by atoms with Crippen molar-refractivity contribution in [3.05, 3.63) is 235 Å². The maximum atomic E-state index is 12.9.